The third-order valence-corrected chi connectivity index (χ3v) is 5.59. The second-order valence-corrected chi connectivity index (χ2v) is 7.37. The fraction of sp³-hybridized carbons (Fsp3) is 0.500. The van der Waals surface area contributed by atoms with Gasteiger partial charge in [-0.1, -0.05) is 6.07 Å². The first-order chi connectivity index (χ1) is 11.6. The van der Waals surface area contributed by atoms with Gasteiger partial charge in [0.2, 0.25) is 5.91 Å². The predicted molar refractivity (Wildman–Crippen MR) is 95.9 cm³/mol. The van der Waals surface area contributed by atoms with E-state index in [0.717, 1.165) is 49.6 Å². The molecule has 1 amide bonds. The van der Waals surface area contributed by atoms with Crippen LogP contribution in [-0.4, -0.2) is 33.9 Å². The number of pyridine rings is 1. The van der Waals surface area contributed by atoms with Crippen molar-refractivity contribution < 1.29 is 4.79 Å². The average molecular weight is 344 g/mol. The van der Waals surface area contributed by atoms with Crippen LogP contribution in [0, 0.1) is 6.92 Å². The lowest BCUT2D eigenvalue weighted by atomic mass is 9.92. The Hall–Kier alpha value is -1.79. The lowest BCUT2D eigenvalue weighted by molar-refractivity contribution is -0.118. The van der Waals surface area contributed by atoms with Gasteiger partial charge in [-0.15, -0.1) is 11.3 Å². The fourth-order valence-electron chi connectivity index (χ4n) is 3.18. The second-order valence-electron chi connectivity index (χ2n) is 6.43. The van der Waals surface area contributed by atoms with Crippen LogP contribution in [0.15, 0.2) is 23.7 Å². The molecule has 0 aliphatic carbocycles. The topological polar surface area (TPSA) is 72.1 Å². The molecular weight excluding hydrogens is 320 g/mol. The number of piperidine rings is 1. The molecular formula is C18H24N4OS. The van der Waals surface area contributed by atoms with Crippen molar-refractivity contribution in [3.8, 4) is 0 Å². The molecule has 0 bridgehead atoms. The summed E-state index contributed by atoms with van der Waals surface area (Å²) >= 11 is 1.75. The summed E-state index contributed by atoms with van der Waals surface area (Å²) in [4.78, 5) is 23.9. The maximum atomic E-state index is 10.9. The molecule has 5 nitrogen and oxygen atoms in total. The smallest absolute Gasteiger partial charge is 0.217 e. The molecule has 128 valence electrons. The Labute approximate surface area is 146 Å². The zero-order valence-corrected chi connectivity index (χ0v) is 14.9. The molecule has 0 atom stereocenters. The molecule has 1 saturated heterocycles. The monoisotopic (exact) mass is 344 g/mol. The number of carbonyl (C=O) groups is 1. The Balaban J connectivity index is 1.55. The van der Waals surface area contributed by atoms with Crippen LogP contribution < -0.4 is 5.73 Å². The van der Waals surface area contributed by atoms with Crippen LogP contribution in [0.5, 0.6) is 0 Å². The molecule has 0 aromatic carbocycles. The number of hydrogen-bond acceptors (Lipinski definition) is 5. The van der Waals surface area contributed by atoms with Gasteiger partial charge in [0.15, 0.2) is 0 Å². The van der Waals surface area contributed by atoms with Gasteiger partial charge in [0.1, 0.15) is 0 Å². The summed E-state index contributed by atoms with van der Waals surface area (Å²) < 4.78 is 0. The molecule has 2 aromatic heterocycles. The first-order valence-corrected chi connectivity index (χ1v) is 9.35. The van der Waals surface area contributed by atoms with Gasteiger partial charge in [-0.2, -0.15) is 0 Å². The van der Waals surface area contributed by atoms with Gasteiger partial charge in [0.05, 0.1) is 11.2 Å². The molecule has 2 N–H and O–H groups in total. The number of thiazole rings is 1. The number of amides is 1. The van der Waals surface area contributed by atoms with E-state index in [4.69, 9.17) is 10.7 Å². The maximum Gasteiger partial charge on any atom is 0.217 e. The number of carbonyl (C=O) groups excluding carboxylic acids is 1. The van der Waals surface area contributed by atoms with Gasteiger partial charge >= 0.3 is 0 Å². The normalized spacial score (nSPS) is 16.4. The Morgan fingerprint density at radius 3 is 2.83 bits per heavy atom. The largest absolute Gasteiger partial charge is 0.370 e. The molecule has 0 spiro atoms. The molecule has 0 unspecified atom stereocenters. The number of hydrogen-bond donors (Lipinski definition) is 1. The minimum Gasteiger partial charge on any atom is -0.370 e. The summed E-state index contributed by atoms with van der Waals surface area (Å²) in [5, 5.41) is 0. The predicted octanol–water partition coefficient (Wildman–Crippen LogP) is 2.64. The second kappa shape index (κ2) is 7.85. The van der Waals surface area contributed by atoms with E-state index in [-0.39, 0.29) is 5.91 Å². The Morgan fingerprint density at radius 2 is 2.17 bits per heavy atom. The van der Waals surface area contributed by atoms with Crippen LogP contribution >= 0.6 is 11.3 Å². The molecule has 6 heteroatoms. The van der Waals surface area contributed by atoms with E-state index in [2.05, 4.69) is 22.9 Å². The number of aryl methyl sites for hydroxylation is 2. The molecule has 24 heavy (non-hydrogen) atoms. The Bertz CT molecular complexity index is 692. The minimum absolute atomic E-state index is 0.270. The van der Waals surface area contributed by atoms with Crippen molar-refractivity contribution in [2.45, 2.75) is 45.1 Å². The third kappa shape index (κ3) is 4.39. The van der Waals surface area contributed by atoms with Crippen LogP contribution in [0.2, 0.25) is 0 Å². The SMILES string of the molecule is Cc1ncsc1CN1CCC(c2cccc(CCC(N)=O)n2)CC1. The maximum absolute atomic E-state index is 10.9. The summed E-state index contributed by atoms with van der Waals surface area (Å²) in [5.41, 5.74) is 10.4. The minimum atomic E-state index is -0.270. The number of likely N-dealkylation sites (tertiary alicyclic amines) is 1. The molecule has 1 aliphatic rings. The number of nitrogens with zero attached hydrogens (tertiary/aromatic N) is 3. The number of nitrogens with two attached hydrogens (primary N) is 1. The Morgan fingerprint density at radius 1 is 1.38 bits per heavy atom. The highest BCUT2D eigenvalue weighted by Crippen LogP contribution is 2.28. The quantitative estimate of drug-likeness (QED) is 0.874. The van der Waals surface area contributed by atoms with Crippen LogP contribution in [0.1, 0.15) is 47.1 Å². The zero-order chi connectivity index (χ0) is 16.9. The zero-order valence-electron chi connectivity index (χ0n) is 14.1. The van der Waals surface area contributed by atoms with Gasteiger partial charge in [-0.3, -0.25) is 14.7 Å². The van der Waals surface area contributed by atoms with E-state index in [9.17, 15) is 4.79 Å². The lowest BCUT2D eigenvalue weighted by Crippen LogP contribution is -2.32. The van der Waals surface area contributed by atoms with E-state index in [1.165, 1.54) is 4.88 Å². The van der Waals surface area contributed by atoms with Crippen LogP contribution in [-0.2, 0) is 17.8 Å². The lowest BCUT2D eigenvalue weighted by Gasteiger charge is -2.31. The number of aromatic nitrogens is 2. The summed E-state index contributed by atoms with van der Waals surface area (Å²) in [6.45, 7) is 5.28. The van der Waals surface area contributed by atoms with Crippen molar-refractivity contribution in [2.75, 3.05) is 13.1 Å². The van der Waals surface area contributed by atoms with Gasteiger partial charge in [0, 0.05) is 35.1 Å². The van der Waals surface area contributed by atoms with Crippen molar-refractivity contribution in [2.24, 2.45) is 5.73 Å². The van der Waals surface area contributed by atoms with Crippen molar-refractivity contribution in [3.63, 3.8) is 0 Å². The summed E-state index contributed by atoms with van der Waals surface area (Å²) in [7, 11) is 0. The van der Waals surface area contributed by atoms with Crippen LogP contribution in [0.4, 0.5) is 0 Å². The van der Waals surface area contributed by atoms with Gasteiger partial charge in [-0.25, -0.2) is 4.98 Å². The Kier molecular flexibility index (Phi) is 5.58. The third-order valence-electron chi connectivity index (χ3n) is 4.67. The van der Waals surface area contributed by atoms with Gasteiger partial charge < -0.3 is 5.73 Å². The molecule has 2 aromatic rings. The number of primary amides is 1. The molecule has 1 fully saturated rings. The molecule has 1 aliphatic heterocycles. The van der Waals surface area contributed by atoms with Crippen molar-refractivity contribution in [1.82, 2.24) is 14.9 Å². The average Bonchev–Trinajstić information content (AvgIpc) is 2.99. The van der Waals surface area contributed by atoms with Gasteiger partial charge in [-0.05, 0) is 51.4 Å². The summed E-state index contributed by atoms with van der Waals surface area (Å²) in [6, 6.07) is 6.14. The molecule has 0 saturated carbocycles. The molecule has 3 rings (SSSR count). The van der Waals surface area contributed by atoms with Crippen LogP contribution in [0.25, 0.3) is 0 Å². The number of rotatable bonds is 6. The highest BCUT2D eigenvalue weighted by molar-refractivity contribution is 7.09. The molecule has 0 radical (unpaired) electrons. The van der Waals surface area contributed by atoms with Crippen molar-refractivity contribution >= 4 is 17.2 Å². The first kappa shape index (κ1) is 17.0. The highest BCUT2D eigenvalue weighted by Gasteiger charge is 2.22. The highest BCUT2D eigenvalue weighted by atomic mass is 32.1. The van der Waals surface area contributed by atoms with E-state index in [0.29, 0.717) is 18.8 Å². The first-order valence-electron chi connectivity index (χ1n) is 8.47. The fourth-order valence-corrected chi connectivity index (χ4v) is 4.00. The van der Waals surface area contributed by atoms with E-state index < -0.39 is 0 Å². The summed E-state index contributed by atoms with van der Waals surface area (Å²) in [6.07, 6.45) is 3.25. The van der Waals surface area contributed by atoms with E-state index in [1.807, 2.05) is 17.6 Å². The van der Waals surface area contributed by atoms with Gasteiger partial charge in [0.25, 0.3) is 0 Å². The van der Waals surface area contributed by atoms with Crippen LogP contribution in [0.3, 0.4) is 0 Å². The van der Waals surface area contributed by atoms with E-state index in [1.54, 1.807) is 11.3 Å². The molecule has 3 heterocycles. The summed E-state index contributed by atoms with van der Waals surface area (Å²) in [5.74, 6) is 0.242. The van der Waals surface area contributed by atoms with Crippen molar-refractivity contribution in [1.29, 1.82) is 0 Å². The van der Waals surface area contributed by atoms with E-state index >= 15 is 0 Å². The standard InChI is InChI=1S/C18H24N4OS/c1-13-17(24-12-20-13)11-22-9-7-14(8-10-22)16-4-2-3-15(21-16)5-6-18(19)23/h2-4,12,14H,5-11H2,1H3,(H2,19,23). The van der Waals surface area contributed by atoms with Crippen molar-refractivity contribution in [3.05, 3.63) is 45.7 Å².